The van der Waals surface area contributed by atoms with E-state index in [1.165, 1.54) is 16.9 Å². The van der Waals surface area contributed by atoms with Crippen molar-refractivity contribution in [1.29, 1.82) is 0 Å². The average molecular weight is 516 g/mol. The van der Waals surface area contributed by atoms with Crippen LogP contribution in [0.1, 0.15) is 58.3 Å². The van der Waals surface area contributed by atoms with Crippen LogP contribution < -0.4 is 10.6 Å². The van der Waals surface area contributed by atoms with Crippen molar-refractivity contribution in [3.8, 4) is 0 Å². The molecule has 154 valence electrons. The highest BCUT2D eigenvalue weighted by Gasteiger charge is 2.20. The fourth-order valence-electron chi connectivity index (χ4n) is 2.44. The molecule has 0 bridgehead atoms. The lowest BCUT2D eigenvalue weighted by atomic mass is 10.1. The van der Waals surface area contributed by atoms with Crippen molar-refractivity contribution in [3.63, 3.8) is 0 Å². The van der Waals surface area contributed by atoms with Crippen molar-refractivity contribution in [2.45, 2.75) is 47.2 Å². The molecular formula is C20H29IN4O2S. The van der Waals surface area contributed by atoms with E-state index in [-0.39, 0.29) is 36.0 Å². The highest BCUT2D eigenvalue weighted by atomic mass is 127. The topological polar surface area (TPSA) is 75.6 Å². The normalized spacial score (nSPS) is 12.1. The predicted molar refractivity (Wildman–Crippen MR) is 126 cm³/mol. The van der Waals surface area contributed by atoms with Gasteiger partial charge in [-0.25, -0.2) is 14.8 Å². The Balaban J connectivity index is 0.00000392. The first-order valence-corrected chi connectivity index (χ1v) is 10.0. The molecule has 6 nitrogen and oxygen atoms in total. The van der Waals surface area contributed by atoms with Crippen molar-refractivity contribution in [1.82, 2.24) is 15.6 Å². The summed E-state index contributed by atoms with van der Waals surface area (Å²) < 4.78 is 5.09. The molecule has 0 aliphatic rings. The van der Waals surface area contributed by atoms with Gasteiger partial charge in [-0.2, -0.15) is 0 Å². The first kappa shape index (κ1) is 24.4. The van der Waals surface area contributed by atoms with Crippen LogP contribution in [0.15, 0.2) is 29.3 Å². The van der Waals surface area contributed by atoms with Gasteiger partial charge in [-0.15, -0.1) is 35.3 Å². The summed E-state index contributed by atoms with van der Waals surface area (Å²) in [6.07, 6.45) is 0. The number of esters is 1. The van der Waals surface area contributed by atoms with Crippen LogP contribution in [0.4, 0.5) is 0 Å². The number of nitrogens with zero attached hydrogens (tertiary/aromatic N) is 2. The van der Waals surface area contributed by atoms with Gasteiger partial charge in [-0.05, 0) is 40.2 Å². The van der Waals surface area contributed by atoms with Gasteiger partial charge >= 0.3 is 5.97 Å². The molecule has 1 unspecified atom stereocenters. The molecule has 1 aromatic heterocycles. The summed E-state index contributed by atoms with van der Waals surface area (Å²) in [6, 6.07) is 8.27. The molecule has 0 fully saturated rings. The molecule has 1 atom stereocenters. The van der Waals surface area contributed by atoms with Crippen LogP contribution in [-0.4, -0.2) is 30.1 Å². The first-order valence-electron chi connectivity index (χ1n) is 9.19. The molecule has 2 N–H and O–H groups in total. The second kappa shape index (κ2) is 12.0. The Morgan fingerprint density at radius 1 is 1.25 bits per heavy atom. The number of halogens is 1. The van der Waals surface area contributed by atoms with E-state index in [1.807, 2.05) is 20.8 Å². The zero-order valence-corrected chi connectivity index (χ0v) is 20.2. The van der Waals surface area contributed by atoms with Crippen molar-refractivity contribution < 1.29 is 9.53 Å². The zero-order chi connectivity index (χ0) is 19.8. The number of nitrogens with one attached hydrogen (secondary N) is 2. The van der Waals surface area contributed by atoms with Crippen LogP contribution in [-0.2, 0) is 11.3 Å². The highest BCUT2D eigenvalue weighted by Crippen LogP contribution is 2.24. The summed E-state index contributed by atoms with van der Waals surface area (Å²) in [7, 11) is 0. The fourth-order valence-corrected chi connectivity index (χ4v) is 3.40. The number of carbonyl (C=O) groups is 1. The van der Waals surface area contributed by atoms with Crippen LogP contribution in [0, 0.1) is 13.8 Å². The molecular weight excluding hydrogens is 487 g/mol. The number of hydrogen-bond acceptors (Lipinski definition) is 5. The molecule has 0 spiro atoms. The zero-order valence-electron chi connectivity index (χ0n) is 17.0. The van der Waals surface area contributed by atoms with E-state index < -0.39 is 0 Å². The molecule has 0 aliphatic carbocycles. The Morgan fingerprint density at radius 3 is 2.54 bits per heavy atom. The van der Waals surface area contributed by atoms with Crippen LogP contribution >= 0.6 is 35.3 Å². The minimum Gasteiger partial charge on any atom is -0.462 e. The van der Waals surface area contributed by atoms with Gasteiger partial charge in [-0.3, -0.25) is 0 Å². The number of benzene rings is 1. The van der Waals surface area contributed by atoms with Crippen LogP contribution in [0.2, 0.25) is 0 Å². The van der Waals surface area contributed by atoms with Gasteiger partial charge in [-0.1, -0.05) is 29.8 Å². The van der Waals surface area contributed by atoms with E-state index in [0.29, 0.717) is 23.7 Å². The highest BCUT2D eigenvalue weighted by molar-refractivity contribution is 14.0. The van der Waals surface area contributed by atoms with Gasteiger partial charge in [0.1, 0.15) is 9.88 Å². The van der Waals surface area contributed by atoms with Crippen LogP contribution in [0.3, 0.4) is 0 Å². The monoisotopic (exact) mass is 516 g/mol. The largest absolute Gasteiger partial charge is 0.462 e. The Morgan fingerprint density at radius 2 is 1.93 bits per heavy atom. The number of carbonyl (C=O) groups excluding carboxylic acids is 1. The number of ether oxygens (including phenoxy) is 1. The quantitative estimate of drug-likeness (QED) is 0.248. The third kappa shape index (κ3) is 7.05. The molecule has 1 heterocycles. The number of aromatic nitrogens is 1. The summed E-state index contributed by atoms with van der Waals surface area (Å²) in [5, 5.41) is 7.45. The number of thiazole rings is 1. The van der Waals surface area contributed by atoms with Gasteiger partial charge in [0.2, 0.25) is 0 Å². The van der Waals surface area contributed by atoms with Gasteiger partial charge in [0, 0.05) is 6.54 Å². The number of rotatable bonds is 7. The number of aliphatic imine (C=N–C) groups is 1. The Bertz CT molecular complexity index is 790. The van der Waals surface area contributed by atoms with Gasteiger partial charge < -0.3 is 15.4 Å². The van der Waals surface area contributed by atoms with E-state index in [9.17, 15) is 4.79 Å². The van der Waals surface area contributed by atoms with Gasteiger partial charge in [0.25, 0.3) is 0 Å². The average Bonchev–Trinajstić information content (AvgIpc) is 3.03. The standard InChI is InChI=1S/C20H28N4O2S.HI/c1-6-21-20(22-12-16-10-8-13(3)9-11-16)24-15(5)18-23-14(4)17(27-18)19(25)26-7-2;/h8-11,15H,6-7,12H2,1-5H3,(H2,21,22,24);1H. The summed E-state index contributed by atoms with van der Waals surface area (Å²) in [4.78, 5) is 21.7. The molecule has 0 radical (unpaired) electrons. The van der Waals surface area contributed by atoms with E-state index in [0.717, 1.165) is 23.1 Å². The smallest absolute Gasteiger partial charge is 0.350 e. The summed E-state index contributed by atoms with van der Waals surface area (Å²) in [5.74, 6) is 0.405. The predicted octanol–water partition coefficient (Wildman–Crippen LogP) is 4.37. The lowest BCUT2D eigenvalue weighted by molar-refractivity contribution is 0.0531. The molecule has 28 heavy (non-hydrogen) atoms. The van der Waals surface area contributed by atoms with Crippen molar-refractivity contribution in [2.75, 3.05) is 13.2 Å². The summed E-state index contributed by atoms with van der Waals surface area (Å²) in [5.41, 5.74) is 3.08. The van der Waals surface area contributed by atoms with Gasteiger partial charge in [0.15, 0.2) is 5.96 Å². The van der Waals surface area contributed by atoms with Crippen molar-refractivity contribution in [3.05, 3.63) is 51.0 Å². The molecule has 8 heteroatoms. The van der Waals surface area contributed by atoms with E-state index in [2.05, 4.69) is 51.8 Å². The van der Waals surface area contributed by atoms with Crippen molar-refractivity contribution in [2.24, 2.45) is 4.99 Å². The molecule has 1 aromatic carbocycles. The lowest BCUT2D eigenvalue weighted by Crippen LogP contribution is -2.38. The molecule has 0 saturated carbocycles. The maximum absolute atomic E-state index is 12.0. The Hall–Kier alpha value is -1.68. The third-order valence-electron chi connectivity index (χ3n) is 3.88. The summed E-state index contributed by atoms with van der Waals surface area (Å²) >= 11 is 1.36. The molecule has 2 aromatic rings. The first-order chi connectivity index (χ1) is 12.9. The fraction of sp³-hybridized carbons (Fsp3) is 0.450. The number of guanidine groups is 1. The lowest BCUT2D eigenvalue weighted by Gasteiger charge is -2.16. The third-order valence-corrected chi connectivity index (χ3v) is 5.20. The second-order valence-corrected chi connectivity index (χ2v) is 7.26. The minimum atomic E-state index is -0.314. The number of aryl methyl sites for hydroxylation is 2. The molecule has 0 aliphatic heterocycles. The Labute approximate surface area is 188 Å². The van der Waals surface area contributed by atoms with Crippen LogP contribution in [0.5, 0.6) is 0 Å². The summed E-state index contributed by atoms with van der Waals surface area (Å²) in [6.45, 7) is 11.4. The number of hydrogen-bond donors (Lipinski definition) is 2. The van der Waals surface area contributed by atoms with Crippen molar-refractivity contribution >= 4 is 47.2 Å². The van der Waals surface area contributed by atoms with E-state index in [1.54, 1.807) is 6.92 Å². The molecule has 2 rings (SSSR count). The second-order valence-electron chi connectivity index (χ2n) is 6.23. The Kier molecular flexibility index (Phi) is 10.4. The van der Waals surface area contributed by atoms with Gasteiger partial charge in [0.05, 0.1) is 24.9 Å². The SMILES string of the molecule is CCNC(=NCc1ccc(C)cc1)NC(C)c1nc(C)c(C(=O)OCC)s1.I. The minimum absolute atomic E-state index is 0. The van der Waals surface area contributed by atoms with Crippen LogP contribution in [0.25, 0.3) is 0 Å². The molecule has 0 amide bonds. The maximum atomic E-state index is 12.0. The maximum Gasteiger partial charge on any atom is 0.350 e. The molecule has 0 saturated heterocycles. The van der Waals surface area contributed by atoms with E-state index >= 15 is 0 Å². The van der Waals surface area contributed by atoms with E-state index in [4.69, 9.17) is 4.74 Å².